The lowest BCUT2D eigenvalue weighted by atomic mass is 9.65. The molecule has 1 spiro atoms. The van der Waals surface area contributed by atoms with Gasteiger partial charge in [-0.15, -0.1) is 11.3 Å². The second-order valence-electron chi connectivity index (χ2n) is 15.5. The molecule has 57 heavy (non-hydrogen) atoms. The van der Waals surface area contributed by atoms with E-state index in [0.29, 0.717) is 0 Å². The van der Waals surface area contributed by atoms with Crippen LogP contribution in [-0.2, 0) is 5.41 Å². The summed E-state index contributed by atoms with van der Waals surface area (Å²) < 4.78 is 2.64. The van der Waals surface area contributed by atoms with Gasteiger partial charge in [0.15, 0.2) is 0 Å². The number of nitrogens with zero attached hydrogens (tertiary/aromatic N) is 1. The third-order valence-electron chi connectivity index (χ3n) is 12.8. The normalized spacial score (nSPS) is 16.9. The molecule has 2 heteroatoms. The molecule has 9 aromatic rings. The van der Waals surface area contributed by atoms with Crippen LogP contribution in [0.25, 0.3) is 53.6 Å². The highest BCUT2D eigenvalue weighted by Crippen LogP contribution is 2.66. The molecule has 0 aliphatic heterocycles. The van der Waals surface area contributed by atoms with E-state index in [-0.39, 0.29) is 17.3 Å². The van der Waals surface area contributed by atoms with Crippen LogP contribution in [0.1, 0.15) is 28.2 Å². The Labute approximate surface area is 337 Å². The van der Waals surface area contributed by atoms with E-state index in [0.717, 1.165) is 11.4 Å². The SMILES string of the molecule is C1=CC2C(C(N(c3ccc(-c4ccccc4)cc3)c3cccc(-c4cccc5sc6ccccc6c45)c3)=C1)c1ccccc1C21c2ccccc2-c2ccccc21. The van der Waals surface area contributed by atoms with Crippen LogP contribution in [0, 0.1) is 5.92 Å². The van der Waals surface area contributed by atoms with Crippen LogP contribution in [0.3, 0.4) is 0 Å². The minimum Gasteiger partial charge on any atom is -0.314 e. The smallest absolute Gasteiger partial charge is 0.0538 e. The first kappa shape index (κ1) is 32.5. The van der Waals surface area contributed by atoms with Crippen molar-refractivity contribution in [3.05, 3.63) is 240 Å². The fraction of sp³-hybridized carbons (Fsp3) is 0.0545. The monoisotopic (exact) mass is 743 g/mol. The van der Waals surface area contributed by atoms with Gasteiger partial charge in [-0.05, 0) is 98.1 Å². The minimum absolute atomic E-state index is 0.118. The quantitative estimate of drug-likeness (QED) is 0.170. The summed E-state index contributed by atoms with van der Waals surface area (Å²) in [6.07, 6.45) is 7.22. The van der Waals surface area contributed by atoms with E-state index in [1.165, 1.54) is 81.5 Å². The predicted molar refractivity (Wildman–Crippen MR) is 240 cm³/mol. The zero-order chi connectivity index (χ0) is 37.5. The van der Waals surface area contributed by atoms with Gasteiger partial charge in [-0.25, -0.2) is 0 Å². The van der Waals surface area contributed by atoms with Crippen molar-refractivity contribution in [3.8, 4) is 33.4 Å². The number of rotatable bonds is 5. The van der Waals surface area contributed by atoms with Crippen LogP contribution in [0.4, 0.5) is 11.4 Å². The highest BCUT2D eigenvalue weighted by Gasteiger charge is 2.58. The van der Waals surface area contributed by atoms with Gasteiger partial charge in [-0.2, -0.15) is 0 Å². The predicted octanol–water partition coefficient (Wildman–Crippen LogP) is 14.7. The topological polar surface area (TPSA) is 3.24 Å². The van der Waals surface area contributed by atoms with E-state index in [1.807, 2.05) is 11.3 Å². The third kappa shape index (κ3) is 4.68. The number of thiophene rings is 1. The summed E-state index contributed by atoms with van der Waals surface area (Å²) in [6, 6.07) is 72.3. The molecule has 268 valence electrons. The van der Waals surface area contributed by atoms with Crippen LogP contribution in [0.5, 0.6) is 0 Å². The molecule has 0 saturated heterocycles. The first-order valence-corrected chi connectivity index (χ1v) is 20.7. The Morgan fingerprint density at radius 1 is 0.456 bits per heavy atom. The van der Waals surface area contributed by atoms with Crippen LogP contribution >= 0.6 is 11.3 Å². The highest BCUT2D eigenvalue weighted by molar-refractivity contribution is 7.25. The molecule has 0 amide bonds. The van der Waals surface area contributed by atoms with Crippen molar-refractivity contribution >= 4 is 42.9 Å². The number of fused-ring (bicyclic) bond motifs is 13. The van der Waals surface area contributed by atoms with Gasteiger partial charge in [0.2, 0.25) is 0 Å². The largest absolute Gasteiger partial charge is 0.314 e. The molecule has 8 aromatic carbocycles. The maximum Gasteiger partial charge on any atom is 0.0538 e. The van der Waals surface area contributed by atoms with Crippen molar-refractivity contribution in [2.75, 3.05) is 4.90 Å². The van der Waals surface area contributed by atoms with E-state index in [2.05, 4.69) is 217 Å². The molecule has 1 heterocycles. The molecule has 1 aromatic heterocycles. The van der Waals surface area contributed by atoms with E-state index >= 15 is 0 Å². The number of allylic oxidation sites excluding steroid dienone is 4. The molecule has 0 N–H and O–H groups in total. The van der Waals surface area contributed by atoms with Crippen LogP contribution in [0.15, 0.2) is 218 Å². The lowest BCUT2D eigenvalue weighted by Crippen LogP contribution is -2.35. The summed E-state index contributed by atoms with van der Waals surface area (Å²) >= 11 is 1.88. The van der Waals surface area contributed by atoms with Crippen molar-refractivity contribution in [1.82, 2.24) is 0 Å². The summed E-state index contributed by atoms with van der Waals surface area (Å²) in [5.74, 6) is 0.298. The number of hydrogen-bond acceptors (Lipinski definition) is 2. The third-order valence-corrected chi connectivity index (χ3v) is 13.9. The molecule has 12 rings (SSSR count). The molecule has 0 radical (unpaired) electrons. The van der Waals surface area contributed by atoms with Crippen LogP contribution in [0.2, 0.25) is 0 Å². The van der Waals surface area contributed by atoms with Gasteiger partial charge < -0.3 is 4.90 Å². The second-order valence-corrected chi connectivity index (χ2v) is 16.6. The number of anilines is 2. The molecule has 0 fully saturated rings. The first-order chi connectivity index (χ1) is 28.3. The van der Waals surface area contributed by atoms with Gasteiger partial charge in [-0.1, -0.05) is 170 Å². The van der Waals surface area contributed by atoms with Crippen molar-refractivity contribution in [1.29, 1.82) is 0 Å². The first-order valence-electron chi connectivity index (χ1n) is 19.9. The van der Waals surface area contributed by atoms with Crippen molar-refractivity contribution in [2.24, 2.45) is 5.92 Å². The van der Waals surface area contributed by atoms with E-state index < -0.39 is 0 Å². The molecule has 2 atom stereocenters. The zero-order valence-electron chi connectivity index (χ0n) is 31.2. The van der Waals surface area contributed by atoms with Gasteiger partial charge >= 0.3 is 0 Å². The average molecular weight is 744 g/mol. The Bertz CT molecular complexity index is 3050. The Balaban J connectivity index is 1.07. The molecule has 2 unspecified atom stereocenters. The van der Waals surface area contributed by atoms with Gasteiger partial charge in [0.1, 0.15) is 0 Å². The average Bonchev–Trinajstić information content (AvgIpc) is 3.92. The Hall–Kier alpha value is -6.74. The summed E-state index contributed by atoms with van der Waals surface area (Å²) in [5.41, 5.74) is 16.6. The standard InChI is InChI=1S/C55H37NS/c1-2-15-36(16-3-1)37-31-33-39(34-32-37)56(40-18-12-17-38(35-40)41-23-13-30-52-53(41)45-22-7-11-29-51(45)57-52)50-28-14-27-49-54(50)44-21-6-10-26-48(44)55(49)46-24-8-4-19-42(46)43-20-5-9-25-47(43)55/h1-35,49,54H. The summed E-state index contributed by atoms with van der Waals surface area (Å²) in [6.45, 7) is 0. The molecular weight excluding hydrogens is 707 g/mol. The fourth-order valence-electron chi connectivity index (χ4n) is 10.6. The zero-order valence-corrected chi connectivity index (χ0v) is 32.0. The van der Waals surface area contributed by atoms with Crippen LogP contribution < -0.4 is 4.90 Å². The molecule has 3 aliphatic rings. The van der Waals surface area contributed by atoms with Crippen LogP contribution in [-0.4, -0.2) is 0 Å². The van der Waals surface area contributed by atoms with E-state index in [1.54, 1.807) is 0 Å². The number of hydrogen-bond donors (Lipinski definition) is 0. The molecule has 3 aliphatic carbocycles. The Morgan fingerprint density at radius 3 is 1.88 bits per heavy atom. The Kier molecular flexibility index (Phi) is 7.21. The molecular formula is C55H37NS. The van der Waals surface area contributed by atoms with E-state index in [9.17, 15) is 0 Å². The lowest BCUT2D eigenvalue weighted by molar-refractivity contribution is 0.451. The second kappa shape index (κ2) is 12.6. The summed E-state index contributed by atoms with van der Waals surface area (Å²) in [4.78, 5) is 2.55. The summed E-state index contributed by atoms with van der Waals surface area (Å²) in [7, 11) is 0. The van der Waals surface area contributed by atoms with Crippen molar-refractivity contribution < 1.29 is 0 Å². The summed E-state index contributed by atoms with van der Waals surface area (Å²) in [5, 5.41) is 2.65. The minimum atomic E-state index is -0.301. The highest BCUT2D eigenvalue weighted by atomic mass is 32.1. The fourth-order valence-corrected chi connectivity index (χ4v) is 11.7. The molecule has 0 saturated carbocycles. The molecule has 1 nitrogen and oxygen atoms in total. The Morgan fingerprint density at radius 2 is 1.07 bits per heavy atom. The van der Waals surface area contributed by atoms with Gasteiger partial charge in [0.05, 0.1) is 5.41 Å². The van der Waals surface area contributed by atoms with Crippen molar-refractivity contribution in [3.63, 3.8) is 0 Å². The maximum absolute atomic E-state index is 2.55. The maximum atomic E-state index is 2.55. The van der Waals surface area contributed by atoms with E-state index in [4.69, 9.17) is 0 Å². The van der Waals surface area contributed by atoms with Gasteiger partial charge in [0, 0.05) is 49.1 Å². The lowest BCUT2D eigenvalue weighted by Gasteiger charge is -2.40. The van der Waals surface area contributed by atoms with Crippen molar-refractivity contribution in [2.45, 2.75) is 11.3 Å². The molecule has 0 bridgehead atoms. The van der Waals surface area contributed by atoms with Gasteiger partial charge in [-0.3, -0.25) is 0 Å². The number of benzene rings is 8. The van der Waals surface area contributed by atoms with Gasteiger partial charge in [0.25, 0.3) is 0 Å².